The number of hydrogen-bond acceptors (Lipinski definition) is 1. The summed E-state index contributed by atoms with van der Waals surface area (Å²) in [6.07, 6.45) is 11.0. The summed E-state index contributed by atoms with van der Waals surface area (Å²) in [5.41, 5.74) is 0. The van der Waals surface area contributed by atoms with Crippen LogP contribution in [0, 0.1) is 0 Å². The molecule has 0 aliphatic carbocycles. The highest BCUT2D eigenvalue weighted by Gasteiger charge is 2.20. The molecule has 0 atom stereocenters. The lowest BCUT2D eigenvalue weighted by atomic mass is 10.1. The lowest BCUT2D eigenvalue weighted by Crippen LogP contribution is -2.49. The molecule has 0 radical (unpaired) electrons. The van der Waals surface area contributed by atoms with E-state index in [1.807, 2.05) is 0 Å². The van der Waals surface area contributed by atoms with Gasteiger partial charge < -0.3 is 9.22 Å². The molecular formula is C17H38NO+. The molecule has 116 valence electrons. The molecule has 0 spiro atoms. The van der Waals surface area contributed by atoms with Gasteiger partial charge in [-0.1, -0.05) is 51.9 Å². The van der Waals surface area contributed by atoms with Crippen LogP contribution in [0.5, 0.6) is 0 Å². The third-order valence-corrected chi connectivity index (χ3v) is 4.52. The average molecular weight is 272 g/mol. The fourth-order valence-electron chi connectivity index (χ4n) is 2.54. The fraction of sp³-hybridized carbons (Fsp3) is 1.00. The van der Waals surface area contributed by atoms with E-state index in [1.54, 1.807) is 0 Å². The minimum absolute atomic E-state index is 0.903. The van der Waals surface area contributed by atoms with Gasteiger partial charge in [0.2, 0.25) is 0 Å². The summed E-state index contributed by atoms with van der Waals surface area (Å²) in [5, 5.41) is 0. The van der Waals surface area contributed by atoms with Crippen molar-refractivity contribution in [1.82, 2.24) is 0 Å². The number of quaternary nitrogens is 1. The summed E-state index contributed by atoms with van der Waals surface area (Å²) >= 11 is 0. The van der Waals surface area contributed by atoms with Crippen LogP contribution >= 0.6 is 0 Å². The van der Waals surface area contributed by atoms with Crippen LogP contribution in [0.1, 0.15) is 79.1 Å². The largest absolute Gasteiger partial charge is 0.332 e. The zero-order valence-corrected chi connectivity index (χ0v) is 14.0. The van der Waals surface area contributed by atoms with Crippen LogP contribution in [-0.4, -0.2) is 37.5 Å². The molecule has 2 heteroatoms. The van der Waals surface area contributed by atoms with Gasteiger partial charge in [0.25, 0.3) is 0 Å². The average Bonchev–Trinajstić information content (AvgIpc) is 2.46. The van der Waals surface area contributed by atoms with Crippen LogP contribution < -0.4 is 0 Å². The first-order chi connectivity index (χ1) is 9.24. The Kier molecular flexibility index (Phi) is 12.9. The third-order valence-electron chi connectivity index (χ3n) is 4.52. The van der Waals surface area contributed by atoms with Crippen LogP contribution in [0.4, 0.5) is 0 Å². The number of rotatable bonds is 14. The molecule has 0 aromatic rings. The first-order valence-electron chi connectivity index (χ1n) is 8.67. The van der Waals surface area contributed by atoms with E-state index in [2.05, 4.69) is 27.7 Å². The predicted octanol–water partition coefficient (Wildman–Crippen LogP) is 4.98. The maximum Gasteiger partial charge on any atom is 0.183 e. The van der Waals surface area contributed by atoms with E-state index in [0.29, 0.717) is 0 Å². The van der Waals surface area contributed by atoms with Crippen molar-refractivity contribution in [1.29, 1.82) is 0 Å². The summed E-state index contributed by atoms with van der Waals surface area (Å²) in [6.45, 7) is 14.5. The summed E-state index contributed by atoms with van der Waals surface area (Å²) in [4.78, 5) is 0. The van der Waals surface area contributed by atoms with E-state index in [-0.39, 0.29) is 0 Å². The zero-order valence-electron chi connectivity index (χ0n) is 14.0. The SMILES string of the molecule is CCCCCCCCCCOC[N+](CC)(CC)CC. The van der Waals surface area contributed by atoms with E-state index in [4.69, 9.17) is 4.74 Å². The molecule has 0 unspecified atom stereocenters. The van der Waals surface area contributed by atoms with Crippen LogP contribution in [0.25, 0.3) is 0 Å². The van der Waals surface area contributed by atoms with Gasteiger partial charge in [0.15, 0.2) is 6.73 Å². The summed E-state index contributed by atoms with van der Waals surface area (Å²) < 4.78 is 7.00. The van der Waals surface area contributed by atoms with Crippen molar-refractivity contribution in [3.05, 3.63) is 0 Å². The van der Waals surface area contributed by atoms with E-state index >= 15 is 0 Å². The summed E-state index contributed by atoms with van der Waals surface area (Å²) in [7, 11) is 0. The maximum atomic E-state index is 5.89. The number of nitrogens with zero attached hydrogens (tertiary/aromatic N) is 1. The molecule has 0 aliphatic heterocycles. The van der Waals surface area contributed by atoms with Gasteiger partial charge in [-0.05, 0) is 27.2 Å². The van der Waals surface area contributed by atoms with E-state index in [9.17, 15) is 0 Å². The van der Waals surface area contributed by atoms with E-state index < -0.39 is 0 Å². The molecule has 0 rings (SSSR count). The molecule has 0 saturated heterocycles. The molecule has 0 aromatic heterocycles. The quantitative estimate of drug-likeness (QED) is 0.246. The zero-order chi connectivity index (χ0) is 14.4. The summed E-state index contributed by atoms with van der Waals surface area (Å²) in [6, 6.07) is 0. The van der Waals surface area contributed by atoms with Crippen molar-refractivity contribution in [3.63, 3.8) is 0 Å². The molecule has 0 N–H and O–H groups in total. The molecule has 0 saturated carbocycles. The van der Waals surface area contributed by atoms with Gasteiger partial charge in [-0.2, -0.15) is 0 Å². The van der Waals surface area contributed by atoms with Crippen molar-refractivity contribution in [2.24, 2.45) is 0 Å². The van der Waals surface area contributed by atoms with Crippen LogP contribution in [0.3, 0.4) is 0 Å². The number of hydrogen-bond donors (Lipinski definition) is 0. The topological polar surface area (TPSA) is 9.23 Å². The Bertz CT molecular complexity index is 170. The molecule has 0 aliphatic rings. The summed E-state index contributed by atoms with van der Waals surface area (Å²) in [5.74, 6) is 0. The highest BCUT2D eigenvalue weighted by molar-refractivity contribution is 4.45. The van der Waals surface area contributed by atoms with Gasteiger partial charge in [0.1, 0.15) is 0 Å². The Labute approximate surface area is 122 Å². The van der Waals surface area contributed by atoms with Crippen molar-refractivity contribution in [3.8, 4) is 0 Å². The van der Waals surface area contributed by atoms with Crippen molar-refractivity contribution < 1.29 is 9.22 Å². The smallest absolute Gasteiger partial charge is 0.183 e. The van der Waals surface area contributed by atoms with Gasteiger partial charge in [0.05, 0.1) is 26.2 Å². The van der Waals surface area contributed by atoms with Gasteiger partial charge in [-0.15, -0.1) is 0 Å². The minimum atomic E-state index is 0.903. The molecule has 0 bridgehead atoms. The van der Waals surface area contributed by atoms with Crippen LogP contribution in [-0.2, 0) is 4.74 Å². The number of unbranched alkanes of at least 4 members (excludes halogenated alkanes) is 7. The Morgan fingerprint density at radius 1 is 0.632 bits per heavy atom. The molecule has 0 aromatic carbocycles. The Hall–Kier alpha value is -0.0800. The lowest BCUT2D eigenvalue weighted by molar-refractivity contribution is -0.941. The second kappa shape index (κ2) is 12.9. The van der Waals surface area contributed by atoms with Gasteiger partial charge in [-0.25, -0.2) is 0 Å². The van der Waals surface area contributed by atoms with Crippen LogP contribution in [0.2, 0.25) is 0 Å². The highest BCUT2D eigenvalue weighted by Crippen LogP contribution is 2.09. The Morgan fingerprint density at radius 2 is 1.11 bits per heavy atom. The van der Waals surface area contributed by atoms with Crippen molar-refractivity contribution >= 4 is 0 Å². The normalized spacial score (nSPS) is 12.0. The fourth-order valence-corrected chi connectivity index (χ4v) is 2.54. The molecule has 19 heavy (non-hydrogen) atoms. The molecule has 0 amide bonds. The molecule has 0 fully saturated rings. The molecule has 2 nitrogen and oxygen atoms in total. The van der Waals surface area contributed by atoms with Gasteiger partial charge in [0, 0.05) is 0 Å². The first kappa shape index (κ1) is 18.9. The van der Waals surface area contributed by atoms with E-state index in [1.165, 1.54) is 71.0 Å². The second-order valence-corrected chi connectivity index (χ2v) is 5.80. The third kappa shape index (κ3) is 9.45. The Morgan fingerprint density at radius 3 is 1.58 bits per heavy atom. The van der Waals surface area contributed by atoms with Crippen molar-refractivity contribution in [2.45, 2.75) is 79.1 Å². The number of ether oxygens (including phenoxy) is 1. The van der Waals surface area contributed by atoms with Crippen LogP contribution in [0.15, 0.2) is 0 Å². The van der Waals surface area contributed by atoms with E-state index in [0.717, 1.165) is 17.8 Å². The minimum Gasteiger partial charge on any atom is -0.332 e. The monoisotopic (exact) mass is 272 g/mol. The molecule has 0 heterocycles. The van der Waals surface area contributed by atoms with Gasteiger partial charge in [-0.3, -0.25) is 0 Å². The molecular weight excluding hydrogens is 234 g/mol. The predicted molar refractivity (Wildman–Crippen MR) is 85.3 cm³/mol. The maximum absolute atomic E-state index is 5.89. The highest BCUT2D eigenvalue weighted by atomic mass is 16.5. The first-order valence-corrected chi connectivity index (χ1v) is 8.67. The Balaban J connectivity index is 3.35. The lowest BCUT2D eigenvalue weighted by Gasteiger charge is -2.35. The standard InChI is InChI=1S/C17H38NO/c1-5-9-10-11-12-13-14-15-16-19-17-18(6-2,7-3)8-4/h5-17H2,1-4H3/q+1. The van der Waals surface area contributed by atoms with Gasteiger partial charge >= 0.3 is 0 Å². The second-order valence-electron chi connectivity index (χ2n) is 5.80. The van der Waals surface area contributed by atoms with Crippen molar-refractivity contribution in [2.75, 3.05) is 33.0 Å².